The fourth-order valence-corrected chi connectivity index (χ4v) is 2.32. The Morgan fingerprint density at radius 3 is 2.16 bits per heavy atom. The van der Waals surface area contributed by atoms with E-state index in [4.69, 9.17) is 23.2 Å². The number of hydrogen-bond acceptors (Lipinski definition) is 3. The van der Waals surface area contributed by atoms with Gasteiger partial charge in [-0.1, -0.05) is 50.0 Å². The van der Waals surface area contributed by atoms with Crippen LogP contribution in [0, 0.1) is 5.41 Å². The van der Waals surface area contributed by atoms with Crippen LogP contribution >= 0.6 is 23.2 Å². The fraction of sp³-hybridized carbons (Fsp3) is 0.438. The summed E-state index contributed by atoms with van der Waals surface area (Å²) in [5.41, 5.74) is -0.132. The van der Waals surface area contributed by atoms with Crippen molar-refractivity contribution in [3.8, 4) is 0 Å². The molecule has 3 amide bonds. The molecule has 0 saturated carbocycles. The summed E-state index contributed by atoms with van der Waals surface area (Å²) >= 11 is 11.9. The van der Waals surface area contributed by atoms with Crippen LogP contribution in [0.15, 0.2) is 18.2 Å². The number of carboxylic acid groups (broad SMARTS) is 1. The van der Waals surface area contributed by atoms with Gasteiger partial charge in [0.1, 0.15) is 6.04 Å². The van der Waals surface area contributed by atoms with Gasteiger partial charge in [-0.3, -0.25) is 4.79 Å². The van der Waals surface area contributed by atoms with Gasteiger partial charge in [0.25, 0.3) is 5.91 Å². The zero-order valence-electron chi connectivity index (χ0n) is 14.2. The van der Waals surface area contributed by atoms with Crippen LogP contribution < -0.4 is 16.0 Å². The molecule has 1 aromatic rings. The van der Waals surface area contributed by atoms with Crippen LogP contribution in [-0.2, 0) is 4.79 Å². The normalized spacial score (nSPS) is 12.2. The van der Waals surface area contributed by atoms with Crippen molar-refractivity contribution in [3.63, 3.8) is 0 Å². The molecule has 0 bridgehead atoms. The summed E-state index contributed by atoms with van der Waals surface area (Å²) in [5.74, 6) is -2.03. The second kappa shape index (κ2) is 8.92. The average molecular weight is 390 g/mol. The molecule has 0 fully saturated rings. The van der Waals surface area contributed by atoms with Crippen molar-refractivity contribution in [2.75, 3.05) is 13.1 Å². The van der Waals surface area contributed by atoms with E-state index >= 15 is 0 Å². The minimum Gasteiger partial charge on any atom is -0.480 e. The van der Waals surface area contributed by atoms with Crippen LogP contribution in [0.25, 0.3) is 0 Å². The summed E-state index contributed by atoms with van der Waals surface area (Å²) in [5, 5.41) is 16.8. The molecule has 1 atom stereocenters. The Bertz CT molecular complexity index is 639. The van der Waals surface area contributed by atoms with Crippen LogP contribution in [0.3, 0.4) is 0 Å². The summed E-state index contributed by atoms with van der Waals surface area (Å²) in [6, 6.07) is 2.65. The van der Waals surface area contributed by atoms with E-state index in [0.29, 0.717) is 6.54 Å². The molecular weight excluding hydrogens is 369 g/mol. The fourth-order valence-electron chi connectivity index (χ4n) is 1.75. The van der Waals surface area contributed by atoms with Crippen molar-refractivity contribution in [1.29, 1.82) is 0 Å². The Labute approximate surface area is 156 Å². The third-order valence-corrected chi connectivity index (χ3v) is 3.67. The first-order chi connectivity index (χ1) is 11.5. The number of benzene rings is 1. The van der Waals surface area contributed by atoms with Gasteiger partial charge in [0.2, 0.25) is 0 Å². The molecule has 7 nitrogen and oxygen atoms in total. The quantitative estimate of drug-likeness (QED) is 0.599. The molecule has 0 saturated heterocycles. The number of nitrogens with one attached hydrogen (secondary N) is 3. The molecule has 0 spiro atoms. The Morgan fingerprint density at radius 1 is 1.12 bits per heavy atom. The van der Waals surface area contributed by atoms with Crippen molar-refractivity contribution < 1.29 is 19.5 Å². The minimum atomic E-state index is -1.33. The van der Waals surface area contributed by atoms with Crippen LogP contribution in [-0.4, -0.2) is 42.1 Å². The first-order valence-corrected chi connectivity index (χ1v) is 8.26. The summed E-state index contributed by atoms with van der Waals surface area (Å²) in [6.07, 6.45) is 0. The summed E-state index contributed by atoms with van der Waals surface area (Å²) in [6.45, 7) is 5.96. The standard InChI is InChI=1S/C16H21Cl2N3O4/c1-16(2,3)8-20-15(25)19-7-11(14(23)24)21-13(22)12-9(17)5-4-6-10(12)18/h4-6,11H,7-8H2,1-3H3,(H,21,22)(H,23,24)(H2,19,20,25)/t11-/m0/s1. The maximum absolute atomic E-state index is 12.2. The van der Waals surface area contributed by atoms with Crippen LogP contribution in [0.1, 0.15) is 31.1 Å². The van der Waals surface area contributed by atoms with Gasteiger partial charge in [0.05, 0.1) is 22.2 Å². The highest BCUT2D eigenvalue weighted by Gasteiger charge is 2.24. The zero-order chi connectivity index (χ0) is 19.2. The number of rotatable bonds is 6. The summed E-state index contributed by atoms with van der Waals surface area (Å²) in [7, 11) is 0. The van der Waals surface area contributed by atoms with E-state index in [1.54, 1.807) is 6.07 Å². The molecule has 0 radical (unpaired) electrons. The Hall–Kier alpha value is -1.99. The van der Waals surface area contributed by atoms with Crippen molar-refractivity contribution in [2.45, 2.75) is 26.8 Å². The Morgan fingerprint density at radius 2 is 1.68 bits per heavy atom. The van der Waals surface area contributed by atoms with Gasteiger partial charge in [-0.15, -0.1) is 0 Å². The number of halogens is 2. The SMILES string of the molecule is CC(C)(C)CNC(=O)NC[C@H](NC(=O)c1c(Cl)cccc1Cl)C(=O)O. The zero-order valence-corrected chi connectivity index (χ0v) is 15.7. The summed E-state index contributed by atoms with van der Waals surface area (Å²) < 4.78 is 0. The van der Waals surface area contributed by atoms with Gasteiger partial charge in [0.15, 0.2) is 0 Å². The molecule has 0 aromatic heterocycles. The van der Waals surface area contributed by atoms with Crippen LogP contribution in [0.5, 0.6) is 0 Å². The van der Waals surface area contributed by atoms with Crippen molar-refractivity contribution in [3.05, 3.63) is 33.8 Å². The number of carbonyl (C=O) groups is 3. The number of carboxylic acids is 1. The van der Waals surface area contributed by atoms with Crippen LogP contribution in [0.2, 0.25) is 10.0 Å². The number of urea groups is 1. The van der Waals surface area contributed by atoms with Gasteiger partial charge in [-0.05, 0) is 17.5 Å². The molecule has 0 unspecified atom stereocenters. The topological polar surface area (TPSA) is 108 Å². The molecule has 4 N–H and O–H groups in total. The number of carbonyl (C=O) groups excluding carboxylic acids is 2. The maximum atomic E-state index is 12.2. The largest absolute Gasteiger partial charge is 0.480 e. The highest BCUT2D eigenvalue weighted by atomic mass is 35.5. The molecule has 0 aliphatic carbocycles. The maximum Gasteiger partial charge on any atom is 0.328 e. The molecule has 0 aliphatic rings. The minimum absolute atomic E-state index is 0.0192. The Kier molecular flexibility index (Phi) is 7.51. The molecule has 0 heterocycles. The van der Waals surface area contributed by atoms with E-state index in [1.807, 2.05) is 20.8 Å². The first kappa shape index (κ1) is 21.1. The highest BCUT2D eigenvalue weighted by molar-refractivity contribution is 6.39. The molecule has 138 valence electrons. The van der Waals surface area contributed by atoms with Crippen molar-refractivity contribution >= 4 is 41.1 Å². The lowest BCUT2D eigenvalue weighted by Gasteiger charge is -2.20. The van der Waals surface area contributed by atoms with Gasteiger partial charge >= 0.3 is 12.0 Å². The third-order valence-electron chi connectivity index (χ3n) is 3.04. The van der Waals surface area contributed by atoms with Crippen molar-refractivity contribution in [2.24, 2.45) is 5.41 Å². The smallest absolute Gasteiger partial charge is 0.328 e. The number of aliphatic carboxylic acids is 1. The monoisotopic (exact) mass is 389 g/mol. The number of amides is 3. The van der Waals surface area contributed by atoms with Gasteiger partial charge < -0.3 is 21.1 Å². The van der Waals surface area contributed by atoms with E-state index in [9.17, 15) is 19.5 Å². The van der Waals surface area contributed by atoms with E-state index in [1.165, 1.54) is 12.1 Å². The van der Waals surface area contributed by atoms with Crippen LogP contribution in [0.4, 0.5) is 4.79 Å². The Balaban J connectivity index is 2.67. The van der Waals surface area contributed by atoms with Gasteiger partial charge in [0, 0.05) is 6.54 Å². The molecule has 25 heavy (non-hydrogen) atoms. The lowest BCUT2D eigenvalue weighted by molar-refractivity contribution is -0.139. The van der Waals surface area contributed by atoms with Crippen molar-refractivity contribution in [1.82, 2.24) is 16.0 Å². The molecule has 0 aliphatic heterocycles. The van der Waals surface area contributed by atoms with E-state index in [-0.39, 0.29) is 27.6 Å². The second-order valence-electron chi connectivity index (χ2n) is 6.59. The van der Waals surface area contributed by atoms with E-state index < -0.39 is 23.9 Å². The lowest BCUT2D eigenvalue weighted by atomic mass is 9.97. The predicted octanol–water partition coefficient (Wildman–Crippen LogP) is 2.52. The predicted molar refractivity (Wildman–Crippen MR) is 96.2 cm³/mol. The molecular formula is C16H21Cl2N3O4. The average Bonchev–Trinajstić information content (AvgIpc) is 2.48. The van der Waals surface area contributed by atoms with E-state index in [0.717, 1.165) is 0 Å². The molecule has 9 heteroatoms. The highest BCUT2D eigenvalue weighted by Crippen LogP contribution is 2.24. The molecule has 1 aromatic carbocycles. The van der Waals surface area contributed by atoms with Gasteiger partial charge in [-0.25, -0.2) is 9.59 Å². The first-order valence-electron chi connectivity index (χ1n) is 7.50. The lowest BCUT2D eigenvalue weighted by Crippen LogP contribution is -2.51. The van der Waals surface area contributed by atoms with E-state index in [2.05, 4.69) is 16.0 Å². The third kappa shape index (κ3) is 7.19. The number of hydrogen-bond donors (Lipinski definition) is 4. The summed E-state index contributed by atoms with van der Waals surface area (Å²) in [4.78, 5) is 35.3. The van der Waals surface area contributed by atoms with Gasteiger partial charge in [-0.2, -0.15) is 0 Å². The molecule has 1 rings (SSSR count). The second-order valence-corrected chi connectivity index (χ2v) is 7.40.